The zero-order chi connectivity index (χ0) is 24.3. The zero-order valence-electron chi connectivity index (χ0n) is 20.0. The zero-order valence-corrected chi connectivity index (χ0v) is 20.8. The molecule has 0 aliphatic carbocycles. The summed E-state index contributed by atoms with van der Waals surface area (Å²) in [5.74, 6) is 0.291. The van der Waals surface area contributed by atoms with E-state index >= 15 is 0 Å². The van der Waals surface area contributed by atoms with Crippen LogP contribution in [-0.4, -0.2) is 54.1 Å². The van der Waals surface area contributed by atoms with Gasteiger partial charge in [-0.1, -0.05) is 48.5 Å². The number of nitrogens with one attached hydrogen (secondary N) is 1. The Balaban J connectivity index is 1.39. The van der Waals surface area contributed by atoms with Gasteiger partial charge < -0.3 is 5.32 Å². The molecule has 1 amide bonds. The van der Waals surface area contributed by atoms with Crippen molar-refractivity contribution in [2.75, 3.05) is 30.4 Å². The van der Waals surface area contributed by atoms with Crippen LogP contribution in [0.2, 0.25) is 0 Å². The molecule has 0 bridgehead atoms. The maximum atomic E-state index is 12.8. The number of benzene rings is 2. The number of likely N-dealkylation sites (N-methyl/N-ethyl adjacent to an activating group) is 1. The molecule has 0 unspecified atom stereocenters. The van der Waals surface area contributed by atoms with Gasteiger partial charge in [-0.25, -0.2) is 8.42 Å². The minimum Gasteiger partial charge on any atom is -0.325 e. The van der Waals surface area contributed by atoms with E-state index in [4.69, 9.17) is 0 Å². The molecule has 1 aliphatic heterocycles. The molecule has 7 nitrogen and oxygen atoms in total. The monoisotopic (exact) mass is 480 g/mol. The van der Waals surface area contributed by atoms with E-state index in [1.54, 1.807) is 0 Å². The van der Waals surface area contributed by atoms with E-state index < -0.39 is 9.84 Å². The maximum Gasteiger partial charge on any atom is 0.238 e. The third-order valence-electron chi connectivity index (χ3n) is 6.40. The topological polar surface area (TPSA) is 84.3 Å². The van der Waals surface area contributed by atoms with Crippen molar-refractivity contribution in [2.24, 2.45) is 0 Å². The summed E-state index contributed by atoms with van der Waals surface area (Å²) >= 11 is 0. The summed E-state index contributed by atoms with van der Waals surface area (Å²) in [6, 6.07) is 18.0. The summed E-state index contributed by atoms with van der Waals surface area (Å²) in [7, 11) is -1.07. The van der Waals surface area contributed by atoms with Gasteiger partial charge in [0.15, 0.2) is 9.84 Å². The first-order valence-electron chi connectivity index (χ1n) is 11.6. The van der Waals surface area contributed by atoms with E-state index in [1.807, 2.05) is 72.9 Å². The molecule has 0 radical (unpaired) electrons. The molecule has 8 heteroatoms. The molecule has 4 rings (SSSR count). The predicted molar refractivity (Wildman–Crippen MR) is 135 cm³/mol. The maximum absolute atomic E-state index is 12.8. The lowest BCUT2D eigenvalue weighted by molar-refractivity contribution is -0.117. The standard InChI is InChI=1S/C26H32N4O3S/c1-19-24(20(2)30(28-19)23-13-14-34(32,33)18-23)16-29(3)17-26(31)27-25-12-8-7-11-22(25)15-21-9-5-4-6-10-21/h4-12,23H,13-18H2,1-3H3,(H,27,31)/t23-/m1/s1. The van der Waals surface area contributed by atoms with Crippen molar-refractivity contribution in [3.05, 3.63) is 82.7 Å². The van der Waals surface area contributed by atoms with Gasteiger partial charge in [0, 0.05) is 23.5 Å². The fraction of sp³-hybridized carbons (Fsp3) is 0.385. The van der Waals surface area contributed by atoms with Gasteiger partial charge >= 0.3 is 0 Å². The number of amides is 1. The number of nitrogens with zero attached hydrogens (tertiary/aromatic N) is 3. The summed E-state index contributed by atoms with van der Waals surface area (Å²) in [5, 5.41) is 7.70. The number of aromatic nitrogens is 2. The van der Waals surface area contributed by atoms with E-state index in [0.29, 0.717) is 13.0 Å². The fourth-order valence-electron chi connectivity index (χ4n) is 4.62. The van der Waals surface area contributed by atoms with Crippen molar-refractivity contribution in [1.82, 2.24) is 14.7 Å². The lowest BCUT2D eigenvalue weighted by Gasteiger charge is -2.18. The second-order valence-electron chi connectivity index (χ2n) is 9.19. The van der Waals surface area contributed by atoms with Crippen molar-refractivity contribution in [1.29, 1.82) is 0 Å². The molecule has 1 atom stereocenters. The first kappa shape index (κ1) is 24.2. The quantitative estimate of drug-likeness (QED) is 0.533. The number of rotatable bonds is 8. The largest absolute Gasteiger partial charge is 0.325 e. The Labute approximate surface area is 201 Å². The number of carbonyl (C=O) groups is 1. The molecule has 0 saturated carbocycles. The SMILES string of the molecule is Cc1nn([C@@H]2CCS(=O)(=O)C2)c(C)c1CN(C)CC(=O)Nc1ccccc1Cc1ccccc1. The normalized spacial score (nSPS) is 17.2. The number of aryl methyl sites for hydroxylation is 1. The molecule has 1 saturated heterocycles. The van der Waals surface area contributed by atoms with Crippen molar-refractivity contribution < 1.29 is 13.2 Å². The Morgan fingerprint density at radius 2 is 1.82 bits per heavy atom. The number of hydrogen-bond donors (Lipinski definition) is 1. The molecule has 1 aromatic heterocycles. The predicted octanol–water partition coefficient (Wildman–Crippen LogP) is 3.52. The summed E-state index contributed by atoms with van der Waals surface area (Å²) in [4.78, 5) is 14.8. The van der Waals surface area contributed by atoms with Crippen molar-refractivity contribution >= 4 is 21.4 Å². The molecule has 2 heterocycles. The van der Waals surface area contributed by atoms with E-state index in [1.165, 1.54) is 5.56 Å². The van der Waals surface area contributed by atoms with Gasteiger partial charge in [-0.15, -0.1) is 0 Å². The summed E-state index contributed by atoms with van der Waals surface area (Å²) in [6.07, 6.45) is 1.35. The van der Waals surface area contributed by atoms with E-state index in [9.17, 15) is 13.2 Å². The third kappa shape index (κ3) is 5.74. The molecule has 1 N–H and O–H groups in total. The number of carbonyl (C=O) groups excluding carboxylic acids is 1. The minimum atomic E-state index is -2.98. The second kappa shape index (κ2) is 10.1. The van der Waals surface area contributed by atoms with Gasteiger partial charge in [0.05, 0.1) is 29.8 Å². The lowest BCUT2D eigenvalue weighted by atomic mass is 10.0. The van der Waals surface area contributed by atoms with Crippen LogP contribution in [0.15, 0.2) is 54.6 Å². The van der Waals surface area contributed by atoms with Crippen LogP contribution in [0.1, 0.15) is 40.5 Å². The summed E-state index contributed by atoms with van der Waals surface area (Å²) in [5.41, 5.74) is 5.99. The number of para-hydroxylation sites is 1. The van der Waals surface area contributed by atoms with Gasteiger partial charge in [0.1, 0.15) is 0 Å². The highest BCUT2D eigenvalue weighted by atomic mass is 32.2. The molecule has 34 heavy (non-hydrogen) atoms. The van der Waals surface area contributed by atoms with Crippen molar-refractivity contribution in [3.8, 4) is 0 Å². The lowest BCUT2D eigenvalue weighted by Crippen LogP contribution is -2.30. The highest BCUT2D eigenvalue weighted by molar-refractivity contribution is 7.91. The van der Waals surface area contributed by atoms with E-state index in [0.717, 1.165) is 34.6 Å². The van der Waals surface area contributed by atoms with Gasteiger partial charge in [-0.05, 0) is 50.9 Å². The molecule has 1 aliphatic rings. The number of hydrogen-bond acceptors (Lipinski definition) is 5. The highest BCUT2D eigenvalue weighted by Gasteiger charge is 2.31. The molecule has 3 aromatic rings. The van der Waals surface area contributed by atoms with Crippen LogP contribution < -0.4 is 5.32 Å². The first-order valence-corrected chi connectivity index (χ1v) is 13.4. The minimum absolute atomic E-state index is 0.0763. The number of sulfone groups is 1. The fourth-order valence-corrected chi connectivity index (χ4v) is 6.31. The molecular formula is C26H32N4O3S. The Morgan fingerprint density at radius 3 is 2.53 bits per heavy atom. The molecule has 1 fully saturated rings. The Morgan fingerprint density at radius 1 is 1.12 bits per heavy atom. The Hall–Kier alpha value is -2.97. The van der Waals surface area contributed by atoms with Crippen LogP contribution in [0, 0.1) is 13.8 Å². The van der Waals surface area contributed by atoms with Gasteiger partial charge in [0.25, 0.3) is 0 Å². The average Bonchev–Trinajstić information content (AvgIpc) is 3.29. The smallest absolute Gasteiger partial charge is 0.238 e. The van der Waals surface area contributed by atoms with Crippen LogP contribution in [0.3, 0.4) is 0 Å². The summed E-state index contributed by atoms with van der Waals surface area (Å²) in [6.45, 7) is 4.72. The Bertz CT molecular complexity index is 1270. The first-order chi connectivity index (χ1) is 16.2. The van der Waals surface area contributed by atoms with E-state index in [-0.39, 0.29) is 30.0 Å². The van der Waals surface area contributed by atoms with Gasteiger partial charge in [-0.3, -0.25) is 14.4 Å². The molecule has 2 aromatic carbocycles. The van der Waals surface area contributed by atoms with Crippen LogP contribution >= 0.6 is 0 Å². The van der Waals surface area contributed by atoms with E-state index in [2.05, 4.69) is 22.5 Å². The summed E-state index contributed by atoms with van der Waals surface area (Å²) < 4.78 is 25.7. The van der Waals surface area contributed by atoms with Crippen LogP contribution in [-0.2, 0) is 27.6 Å². The highest BCUT2D eigenvalue weighted by Crippen LogP contribution is 2.27. The average molecular weight is 481 g/mol. The number of anilines is 1. The molecule has 180 valence electrons. The van der Waals surface area contributed by atoms with Crippen LogP contribution in [0.4, 0.5) is 5.69 Å². The second-order valence-corrected chi connectivity index (χ2v) is 11.4. The Kier molecular flexibility index (Phi) is 7.19. The van der Waals surface area contributed by atoms with Crippen molar-refractivity contribution in [3.63, 3.8) is 0 Å². The van der Waals surface area contributed by atoms with Crippen LogP contribution in [0.5, 0.6) is 0 Å². The van der Waals surface area contributed by atoms with Gasteiger partial charge in [-0.2, -0.15) is 5.10 Å². The van der Waals surface area contributed by atoms with Gasteiger partial charge in [0.2, 0.25) is 5.91 Å². The van der Waals surface area contributed by atoms with Crippen molar-refractivity contribution in [2.45, 2.75) is 39.3 Å². The third-order valence-corrected chi connectivity index (χ3v) is 8.15. The molecule has 0 spiro atoms. The molecular weight excluding hydrogens is 448 g/mol. The van der Waals surface area contributed by atoms with Crippen LogP contribution in [0.25, 0.3) is 0 Å².